The van der Waals surface area contributed by atoms with E-state index in [0.717, 1.165) is 25.9 Å². The predicted molar refractivity (Wildman–Crippen MR) is 225 cm³/mol. The molecule has 13 nitrogen and oxygen atoms in total. The van der Waals surface area contributed by atoms with E-state index in [1.165, 1.54) is 46.6 Å². The Morgan fingerprint density at radius 2 is 1.86 bits per heavy atom. The average molecular weight is 850 g/mol. The molecule has 0 spiro atoms. The minimum atomic E-state index is -4.16. The lowest BCUT2D eigenvalue weighted by Crippen LogP contribution is -2.52. The first-order chi connectivity index (χ1) is 28.5. The van der Waals surface area contributed by atoms with Crippen molar-refractivity contribution in [1.82, 2.24) is 34.1 Å². The number of nitrogens with zero attached hydrogens (tertiary/aromatic N) is 8. The second-order valence-electron chi connectivity index (χ2n) is 14.4. The zero-order valence-electron chi connectivity index (χ0n) is 32.0. The summed E-state index contributed by atoms with van der Waals surface area (Å²) in [5.74, 6) is 6.32. The number of hydrogen-bond donors (Lipinski definition) is 1. The van der Waals surface area contributed by atoms with Gasteiger partial charge in [-0.25, -0.2) is 27.5 Å². The Balaban J connectivity index is 1.08. The average Bonchev–Trinajstić information content (AvgIpc) is 3.67. The lowest BCUT2D eigenvalue weighted by Gasteiger charge is -2.45. The van der Waals surface area contributed by atoms with Gasteiger partial charge in [-0.15, -0.1) is 11.3 Å². The molecule has 17 heteroatoms. The number of benzene rings is 1. The second kappa shape index (κ2) is 16.5. The maximum Gasteiger partial charge on any atom is 0.268 e. The molecule has 6 heterocycles. The van der Waals surface area contributed by atoms with Crippen LogP contribution in [0.5, 0.6) is 0 Å². The van der Waals surface area contributed by atoms with E-state index >= 15 is 0 Å². The third-order valence-electron chi connectivity index (χ3n) is 11.0. The minimum Gasteiger partial charge on any atom is -0.353 e. The summed E-state index contributed by atoms with van der Waals surface area (Å²) >= 11 is 7.71. The van der Waals surface area contributed by atoms with Gasteiger partial charge in [0.1, 0.15) is 29.4 Å². The molecule has 1 saturated heterocycles. The normalized spacial score (nSPS) is 17.2. The number of halogens is 2. The number of hydrogen-bond acceptors (Lipinski definition) is 12. The number of nitrogens with one attached hydrogen (secondary N) is 1. The number of anilines is 1. The Hall–Kier alpha value is -5.78. The minimum absolute atomic E-state index is 0.0317. The molecule has 1 saturated carbocycles. The molecule has 300 valence electrons. The first kappa shape index (κ1) is 40.0. The highest BCUT2D eigenvalue weighted by Crippen LogP contribution is 2.37. The molecule has 1 aliphatic heterocycles. The van der Waals surface area contributed by atoms with Crippen LogP contribution < -0.4 is 15.2 Å². The first-order valence-corrected chi connectivity index (χ1v) is 21.8. The molecule has 1 aliphatic carbocycles. The van der Waals surface area contributed by atoms with E-state index in [2.05, 4.69) is 52.4 Å². The second-order valence-corrected chi connectivity index (χ2v) is 17.4. The smallest absolute Gasteiger partial charge is 0.268 e. The lowest BCUT2D eigenvalue weighted by molar-refractivity contribution is 0.0379. The topological polar surface area (TPSA) is 167 Å². The van der Waals surface area contributed by atoms with E-state index in [1.807, 2.05) is 6.92 Å². The summed E-state index contributed by atoms with van der Waals surface area (Å²) in [6, 6.07) is 12.2. The summed E-state index contributed by atoms with van der Waals surface area (Å²) in [5, 5.41) is 12.7. The van der Waals surface area contributed by atoms with Crippen LogP contribution in [-0.4, -0.2) is 81.6 Å². The predicted octanol–water partition coefficient (Wildman–Crippen LogP) is 6.26. The van der Waals surface area contributed by atoms with Crippen molar-refractivity contribution in [2.45, 2.75) is 69.2 Å². The van der Waals surface area contributed by atoms with Gasteiger partial charge in [0, 0.05) is 77.4 Å². The summed E-state index contributed by atoms with van der Waals surface area (Å²) in [7, 11) is -4.16. The van der Waals surface area contributed by atoms with E-state index in [4.69, 9.17) is 11.6 Å². The van der Waals surface area contributed by atoms with Crippen molar-refractivity contribution in [3.05, 3.63) is 104 Å². The highest BCUT2D eigenvalue weighted by Gasteiger charge is 2.37. The summed E-state index contributed by atoms with van der Waals surface area (Å²) in [4.78, 5) is 49.4. The van der Waals surface area contributed by atoms with Crippen molar-refractivity contribution in [3.8, 4) is 29.0 Å². The van der Waals surface area contributed by atoms with Crippen LogP contribution in [0, 0.1) is 30.1 Å². The number of rotatable bonds is 9. The van der Waals surface area contributed by atoms with Crippen molar-refractivity contribution in [3.63, 3.8) is 0 Å². The molecule has 1 N–H and O–H groups in total. The molecule has 6 aromatic rings. The van der Waals surface area contributed by atoms with Crippen LogP contribution in [0.4, 0.5) is 10.2 Å². The number of carbonyl (C=O) groups excluding carboxylic acids is 1. The number of pyridine rings is 3. The molecule has 0 unspecified atom stereocenters. The number of aromatic nitrogens is 5. The number of piperidine rings is 1. The molecular formula is C42H37ClFN9O4S2. The van der Waals surface area contributed by atoms with E-state index in [-0.39, 0.29) is 34.0 Å². The van der Waals surface area contributed by atoms with E-state index in [9.17, 15) is 27.7 Å². The van der Waals surface area contributed by atoms with Gasteiger partial charge in [0.2, 0.25) is 0 Å². The van der Waals surface area contributed by atoms with Crippen LogP contribution >= 0.6 is 22.9 Å². The number of alkyl halides is 1. The van der Waals surface area contributed by atoms with Crippen LogP contribution in [0.25, 0.3) is 32.2 Å². The van der Waals surface area contributed by atoms with E-state index in [0.29, 0.717) is 74.5 Å². The molecule has 1 aromatic carbocycles. The molecule has 8 rings (SSSR count). The summed E-state index contributed by atoms with van der Waals surface area (Å²) in [5.41, 5.74) is 2.38. The van der Waals surface area contributed by atoms with Gasteiger partial charge >= 0.3 is 0 Å². The monoisotopic (exact) mass is 849 g/mol. The Bertz CT molecular complexity index is 2890. The Morgan fingerprint density at radius 3 is 2.58 bits per heavy atom. The first-order valence-electron chi connectivity index (χ1n) is 19.0. The van der Waals surface area contributed by atoms with Crippen molar-refractivity contribution < 1.29 is 17.6 Å². The summed E-state index contributed by atoms with van der Waals surface area (Å²) < 4.78 is 43.5. The van der Waals surface area contributed by atoms with Gasteiger partial charge in [0.05, 0.1) is 44.3 Å². The molecule has 2 aliphatic rings. The Labute approximate surface area is 348 Å². The standard InChI is InChI=1S/C42H37ClFN9O4S2/c1-3-52(29-11-17-51(18-12-29)30-20-28(44)21-30)40-34(22-45)37-36(23-48-40)49-25(2)53(42(37)55)16-4-5-26-6-7-27(43)19-33(26)32-10-15-47-38-35(24-58-39(32)38)41(54)50-59(56,57)31-8-13-46-14-9-31/h6-10,13-15,19,23-24,28-30H,3,11-12,16-18,20-21H2,1-2H3,(H,50,54). The van der Waals surface area contributed by atoms with Crippen molar-refractivity contribution in [2.75, 3.05) is 24.5 Å². The van der Waals surface area contributed by atoms with Crippen LogP contribution in [0.3, 0.4) is 0 Å². The van der Waals surface area contributed by atoms with Gasteiger partial charge in [-0.1, -0.05) is 23.4 Å². The lowest BCUT2D eigenvalue weighted by atomic mass is 9.87. The third-order valence-corrected chi connectivity index (χ3v) is 13.6. The third kappa shape index (κ3) is 7.77. The van der Waals surface area contributed by atoms with Gasteiger partial charge in [0.25, 0.3) is 21.5 Å². The van der Waals surface area contributed by atoms with Crippen LogP contribution in [0.2, 0.25) is 5.02 Å². The van der Waals surface area contributed by atoms with Gasteiger partial charge in [-0.3, -0.25) is 24.1 Å². The number of thiophene rings is 1. The van der Waals surface area contributed by atoms with Crippen molar-refractivity contribution >= 4 is 65.8 Å². The Morgan fingerprint density at radius 1 is 1.10 bits per heavy atom. The van der Waals surface area contributed by atoms with Crippen molar-refractivity contribution in [2.24, 2.45) is 0 Å². The van der Waals surface area contributed by atoms with E-state index < -0.39 is 27.7 Å². The molecule has 5 aromatic heterocycles. The number of sulfonamides is 1. The highest BCUT2D eigenvalue weighted by molar-refractivity contribution is 7.90. The number of nitriles is 1. The number of likely N-dealkylation sites (tertiary alicyclic amines) is 1. The van der Waals surface area contributed by atoms with E-state index in [1.54, 1.807) is 42.8 Å². The SMILES string of the molecule is CCN(c1ncc2nc(C)n(CC#Cc3ccc(Cl)cc3-c3ccnc4c(C(=O)NS(=O)(=O)c5ccncc5)csc34)c(=O)c2c1C#N)C1CCN(C2CC(F)C2)CC1. The fourth-order valence-corrected chi connectivity index (χ4v) is 10.1. The molecule has 59 heavy (non-hydrogen) atoms. The molecule has 0 atom stereocenters. The fraction of sp³-hybridized carbons (Fsp3) is 0.310. The van der Waals surface area contributed by atoms with Gasteiger partial charge in [-0.2, -0.15) is 5.26 Å². The van der Waals surface area contributed by atoms with Crippen LogP contribution in [0.15, 0.2) is 76.3 Å². The fourth-order valence-electron chi connectivity index (χ4n) is 7.90. The summed E-state index contributed by atoms with van der Waals surface area (Å²) in [6.45, 7) is 5.95. The van der Waals surface area contributed by atoms with Gasteiger partial charge in [-0.05, 0) is 75.9 Å². The molecule has 1 amide bonds. The van der Waals surface area contributed by atoms with Gasteiger partial charge in [0.15, 0.2) is 0 Å². The van der Waals surface area contributed by atoms with Crippen LogP contribution in [0.1, 0.15) is 59.9 Å². The Kier molecular flexibility index (Phi) is 11.2. The number of fused-ring (bicyclic) bond motifs is 2. The maximum absolute atomic E-state index is 14.2. The summed E-state index contributed by atoms with van der Waals surface area (Å²) in [6.07, 6.45) is 7.89. The number of amides is 1. The van der Waals surface area contributed by atoms with Gasteiger partial charge < -0.3 is 9.80 Å². The molecule has 0 bridgehead atoms. The number of aryl methyl sites for hydroxylation is 1. The molecular weight excluding hydrogens is 813 g/mol. The molecule has 0 radical (unpaired) electrons. The molecule has 2 fully saturated rings. The van der Waals surface area contributed by atoms with Crippen LogP contribution in [-0.2, 0) is 16.6 Å². The largest absolute Gasteiger partial charge is 0.353 e. The zero-order chi connectivity index (χ0) is 41.4. The number of carbonyl (C=O) groups is 1. The quantitative estimate of drug-likeness (QED) is 0.163. The highest BCUT2D eigenvalue weighted by atomic mass is 35.5. The van der Waals surface area contributed by atoms with Crippen molar-refractivity contribution in [1.29, 1.82) is 5.26 Å². The maximum atomic E-state index is 14.2. The zero-order valence-corrected chi connectivity index (χ0v) is 34.4.